The molecule has 16 heavy (non-hydrogen) atoms. The third-order valence-corrected chi connectivity index (χ3v) is 4.27. The van der Waals surface area contributed by atoms with Gasteiger partial charge in [0.15, 0.2) is 0 Å². The monoisotopic (exact) mass is 246 g/mol. The number of carbonyl (C=O) groups excluding carboxylic acids is 1. The molecule has 0 aliphatic carbocycles. The molecule has 0 aromatic rings. The molecule has 0 aromatic carbocycles. The molecular formula is C11H22N2O2S. The number of amides is 1. The highest BCUT2D eigenvalue weighted by molar-refractivity contribution is 8.00. The molecule has 0 radical (unpaired) electrons. The van der Waals surface area contributed by atoms with E-state index in [1.165, 1.54) is 18.6 Å². The molecule has 0 aromatic heterocycles. The molecule has 1 fully saturated rings. The largest absolute Gasteiger partial charge is 0.383 e. The third kappa shape index (κ3) is 5.18. The van der Waals surface area contributed by atoms with Crippen molar-refractivity contribution in [3.63, 3.8) is 0 Å². The number of methoxy groups -OCH3 is 1. The van der Waals surface area contributed by atoms with Crippen molar-refractivity contribution in [2.45, 2.75) is 24.5 Å². The van der Waals surface area contributed by atoms with Gasteiger partial charge in [0.05, 0.1) is 13.2 Å². The SMILES string of the molecule is COCCNCC(=O)NCC1(C)CCCS1. The number of hydrogen-bond donors (Lipinski definition) is 2. The molecule has 1 saturated heterocycles. The van der Waals surface area contributed by atoms with Gasteiger partial charge in [-0.1, -0.05) is 0 Å². The molecule has 4 nitrogen and oxygen atoms in total. The number of ether oxygens (including phenoxy) is 1. The summed E-state index contributed by atoms with van der Waals surface area (Å²) < 4.78 is 5.14. The Morgan fingerprint density at radius 2 is 2.38 bits per heavy atom. The maximum atomic E-state index is 11.5. The molecular weight excluding hydrogens is 224 g/mol. The first-order valence-corrected chi connectivity index (χ1v) is 6.75. The van der Waals surface area contributed by atoms with E-state index in [2.05, 4.69) is 17.6 Å². The molecule has 5 heteroatoms. The summed E-state index contributed by atoms with van der Waals surface area (Å²) in [5, 5.41) is 6.01. The Hall–Kier alpha value is -0.260. The van der Waals surface area contributed by atoms with Crippen LogP contribution in [0.2, 0.25) is 0 Å². The zero-order chi connectivity index (χ0) is 11.9. The predicted octanol–water partition coefficient (Wildman–Crippen LogP) is 0.624. The molecule has 1 heterocycles. The van der Waals surface area contributed by atoms with Gasteiger partial charge in [-0.15, -0.1) is 0 Å². The van der Waals surface area contributed by atoms with Crippen LogP contribution in [-0.2, 0) is 9.53 Å². The molecule has 1 amide bonds. The fourth-order valence-corrected chi connectivity index (χ4v) is 2.94. The number of rotatable bonds is 7. The minimum absolute atomic E-state index is 0.0739. The van der Waals surface area contributed by atoms with Crippen molar-refractivity contribution in [2.24, 2.45) is 0 Å². The highest BCUT2D eigenvalue weighted by Crippen LogP contribution is 2.36. The fraction of sp³-hybridized carbons (Fsp3) is 0.909. The lowest BCUT2D eigenvalue weighted by atomic mass is 10.1. The quantitative estimate of drug-likeness (QED) is 0.647. The Labute approximate surface area is 102 Å². The van der Waals surface area contributed by atoms with Crippen molar-refractivity contribution in [3.8, 4) is 0 Å². The molecule has 2 N–H and O–H groups in total. The van der Waals surface area contributed by atoms with E-state index in [1.54, 1.807) is 7.11 Å². The second-order valence-electron chi connectivity index (χ2n) is 4.35. The van der Waals surface area contributed by atoms with Gasteiger partial charge in [0.25, 0.3) is 0 Å². The second-order valence-corrected chi connectivity index (χ2v) is 6.03. The van der Waals surface area contributed by atoms with Crippen molar-refractivity contribution in [2.75, 3.05) is 39.1 Å². The average molecular weight is 246 g/mol. The third-order valence-electron chi connectivity index (χ3n) is 2.73. The first kappa shape index (κ1) is 13.8. The predicted molar refractivity (Wildman–Crippen MR) is 67.9 cm³/mol. The highest BCUT2D eigenvalue weighted by Gasteiger charge is 2.29. The van der Waals surface area contributed by atoms with Gasteiger partial charge >= 0.3 is 0 Å². The molecule has 94 valence electrons. The van der Waals surface area contributed by atoms with Crippen molar-refractivity contribution in [1.29, 1.82) is 0 Å². The number of thioether (sulfide) groups is 1. The lowest BCUT2D eigenvalue weighted by molar-refractivity contribution is -0.120. The maximum absolute atomic E-state index is 11.5. The Morgan fingerprint density at radius 1 is 1.56 bits per heavy atom. The van der Waals surface area contributed by atoms with Crippen LogP contribution in [0.15, 0.2) is 0 Å². The molecule has 0 spiro atoms. The Bertz CT molecular complexity index is 218. The van der Waals surface area contributed by atoms with Gasteiger partial charge < -0.3 is 15.4 Å². The summed E-state index contributed by atoms with van der Waals surface area (Å²) in [6.07, 6.45) is 2.47. The molecule has 1 aliphatic heterocycles. The zero-order valence-corrected chi connectivity index (χ0v) is 11.0. The Kier molecular flexibility index (Phi) is 6.16. The van der Waals surface area contributed by atoms with Crippen LogP contribution in [0.25, 0.3) is 0 Å². The van der Waals surface area contributed by atoms with E-state index >= 15 is 0 Å². The van der Waals surface area contributed by atoms with Crippen LogP contribution in [0.1, 0.15) is 19.8 Å². The molecule has 1 rings (SSSR count). The number of hydrogen-bond acceptors (Lipinski definition) is 4. The van der Waals surface area contributed by atoms with E-state index in [4.69, 9.17) is 4.74 Å². The summed E-state index contributed by atoms with van der Waals surface area (Å²) in [5.74, 6) is 1.29. The summed E-state index contributed by atoms with van der Waals surface area (Å²) >= 11 is 1.96. The van der Waals surface area contributed by atoms with Gasteiger partial charge in [-0.05, 0) is 25.5 Å². The van der Waals surface area contributed by atoms with Crippen LogP contribution >= 0.6 is 11.8 Å². The van der Waals surface area contributed by atoms with Gasteiger partial charge in [0, 0.05) is 24.9 Å². The summed E-state index contributed by atoms with van der Waals surface area (Å²) in [6.45, 7) is 4.74. The van der Waals surface area contributed by atoms with Crippen LogP contribution in [-0.4, -0.2) is 49.8 Å². The normalized spacial score (nSPS) is 24.6. The van der Waals surface area contributed by atoms with E-state index in [1.807, 2.05) is 11.8 Å². The van der Waals surface area contributed by atoms with Crippen molar-refractivity contribution < 1.29 is 9.53 Å². The molecule has 0 bridgehead atoms. The average Bonchev–Trinajstić information content (AvgIpc) is 2.70. The van der Waals surface area contributed by atoms with Gasteiger partial charge in [-0.2, -0.15) is 11.8 Å². The second kappa shape index (κ2) is 7.14. The van der Waals surface area contributed by atoms with Gasteiger partial charge in [0.2, 0.25) is 5.91 Å². The lowest BCUT2D eigenvalue weighted by Gasteiger charge is -2.22. The molecule has 1 atom stereocenters. The molecule has 1 unspecified atom stereocenters. The lowest BCUT2D eigenvalue weighted by Crippen LogP contribution is -2.41. The zero-order valence-electron chi connectivity index (χ0n) is 10.2. The maximum Gasteiger partial charge on any atom is 0.234 e. The number of nitrogens with one attached hydrogen (secondary N) is 2. The van der Waals surface area contributed by atoms with E-state index in [-0.39, 0.29) is 10.7 Å². The van der Waals surface area contributed by atoms with Crippen molar-refractivity contribution in [3.05, 3.63) is 0 Å². The van der Waals surface area contributed by atoms with E-state index < -0.39 is 0 Å². The van der Waals surface area contributed by atoms with Gasteiger partial charge in [-0.3, -0.25) is 4.79 Å². The van der Waals surface area contributed by atoms with Gasteiger partial charge in [0.1, 0.15) is 0 Å². The standard InChI is InChI=1S/C11H22N2O2S/c1-11(4-3-7-16-11)9-13-10(14)8-12-5-6-15-2/h12H,3-9H2,1-2H3,(H,13,14). The van der Waals surface area contributed by atoms with Crippen LogP contribution in [0.5, 0.6) is 0 Å². The molecule has 0 saturated carbocycles. The van der Waals surface area contributed by atoms with Crippen LogP contribution in [0, 0.1) is 0 Å². The minimum Gasteiger partial charge on any atom is -0.383 e. The minimum atomic E-state index is 0.0739. The summed E-state index contributed by atoms with van der Waals surface area (Å²) in [6, 6.07) is 0. The summed E-state index contributed by atoms with van der Waals surface area (Å²) in [5.41, 5.74) is 0. The van der Waals surface area contributed by atoms with E-state index in [9.17, 15) is 4.79 Å². The highest BCUT2D eigenvalue weighted by atomic mass is 32.2. The van der Waals surface area contributed by atoms with Gasteiger partial charge in [-0.25, -0.2) is 0 Å². The van der Waals surface area contributed by atoms with E-state index in [0.29, 0.717) is 13.2 Å². The Morgan fingerprint density at radius 3 is 3.00 bits per heavy atom. The number of carbonyl (C=O) groups is 1. The first-order chi connectivity index (χ1) is 7.66. The summed E-state index contributed by atoms with van der Waals surface area (Å²) in [4.78, 5) is 11.5. The van der Waals surface area contributed by atoms with Crippen LogP contribution < -0.4 is 10.6 Å². The molecule has 1 aliphatic rings. The van der Waals surface area contributed by atoms with E-state index in [0.717, 1.165) is 13.1 Å². The topological polar surface area (TPSA) is 50.4 Å². The smallest absolute Gasteiger partial charge is 0.234 e. The van der Waals surface area contributed by atoms with Crippen molar-refractivity contribution in [1.82, 2.24) is 10.6 Å². The first-order valence-electron chi connectivity index (χ1n) is 5.77. The fourth-order valence-electron chi connectivity index (χ4n) is 1.70. The van der Waals surface area contributed by atoms with Crippen LogP contribution in [0.3, 0.4) is 0 Å². The van der Waals surface area contributed by atoms with Crippen molar-refractivity contribution >= 4 is 17.7 Å². The van der Waals surface area contributed by atoms with Crippen LogP contribution in [0.4, 0.5) is 0 Å². The summed E-state index contributed by atoms with van der Waals surface area (Å²) in [7, 11) is 1.65. The Balaban J connectivity index is 2.05.